The number of anilines is 2. The second kappa shape index (κ2) is 5.54. The molecular weight excluding hydrogens is 316 g/mol. The highest BCUT2D eigenvalue weighted by Crippen LogP contribution is 2.25. The average Bonchev–Trinajstić information content (AvgIpc) is 2.47. The molecule has 20 heavy (non-hydrogen) atoms. The Morgan fingerprint density at radius 1 is 1.15 bits per heavy atom. The van der Waals surface area contributed by atoms with Crippen LogP contribution in [0.4, 0.5) is 11.5 Å². The maximum absolute atomic E-state index is 4.48. The predicted molar refractivity (Wildman–Crippen MR) is 84.1 cm³/mol. The predicted octanol–water partition coefficient (Wildman–Crippen LogP) is 4.09. The summed E-state index contributed by atoms with van der Waals surface area (Å²) in [4.78, 5) is 13.1. The van der Waals surface area contributed by atoms with E-state index in [2.05, 4.69) is 36.2 Å². The van der Waals surface area contributed by atoms with Crippen LogP contribution < -0.4 is 5.32 Å². The van der Waals surface area contributed by atoms with Crippen molar-refractivity contribution in [2.45, 2.75) is 13.3 Å². The van der Waals surface area contributed by atoms with E-state index in [0.29, 0.717) is 0 Å². The fraction of sp³-hybridized carbons (Fsp3) is 0.133. The summed E-state index contributed by atoms with van der Waals surface area (Å²) >= 11 is 3.41. The first-order valence-electron chi connectivity index (χ1n) is 6.40. The Kier molecular flexibility index (Phi) is 3.60. The van der Waals surface area contributed by atoms with Crippen LogP contribution in [0.3, 0.4) is 0 Å². The number of aromatic nitrogens is 3. The monoisotopic (exact) mass is 328 g/mol. The average molecular weight is 329 g/mol. The summed E-state index contributed by atoms with van der Waals surface area (Å²) < 4.78 is 0.783. The molecule has 0 fully saturated rings. The fourth-order valence-corrected chi connectivity index (χ4v) is 2.46. The normalized spacial score (nSPS) is 10.7. The van der Waals surface area contributed by atoms with Crippen molar-refractivity contribution in [2.24, 2.45) is 0 Å². The summed E-state index contributed by atoms with van der Waals surface area (Å²) in [6.07, 6.45) is 2.59. The van der Waals surface area contributed by atoms with Gasteiger partial charge in [0.05, 0.1) is 5.52 Å². The number of halogens is 1. The van der Waals surface area contributed by atoms with Crippen molar-refractivity contribution in [1.29, 1.82) is 0 Å². The largest absolute Gasteiger partial charge is 0.340 e. The van der Waals surface area contributed by atoms with Crippen molar-refractivity contribution in [1.82, 2.24) is 15.0 Å². The van der Waals surface area contributed by atoms with Crippen LogP contribution in [0.5, 0.6) is 0 Å². The quantitative estimate of drug-likeness (QED) is 0.735. The molecule has 0 aliphatic heterocycles. The molecule has 1 N–H and O–H groups in total. The van der Waals surface area contributed by atoms with Gasteiger partial charge in [-0.1, -0.05) is 13.0 Å². The van der Waals surface area contributed by atoms with E-state index in [1.165, 1.54) is 0 Å². The number of nitrogens with zero attached hydrogens (tertiary/aromatic N) is 3. The maximum Gasteiger partial charge on any atom is 0.135 e. The molecular formula is C15H13BrN4. The zero-order valence-corrected chi connectivity index (χ0v) is 12.6. The van der Waals surface area contributed by atoms with Gasteiger partial charge in [-0.3, -0.25) is 4.98 Å². The molecule has 3 aromatic rings. The van der Waals surface area contributed by atoms with Gasteiger partial charge < -0.3 is 5.32 Å². The molecule has 1 aromatic carbocycles. The van der Waals surface area contributed by atoms with Gasteiger partial charge in [0.1, 0.15) is 16.2 Å². The smallest absolute Gasteiger partial charge is 0.135 e. The van der Waals surface area contributed by atoms with Crippen molar-refractivity contribution in [3.63, 3.8) is 0 Å². The van der Waals surface area contributed by atoms with Crippen LogP contribution in [-0.4, -0.2) is 15.0 Å². The van der Waals surface area contributed by atoms with E-state index in [-0.39, 0.29) is 0 Å². The highest BCUT2D eigenvalue weighted by atomic mass is 79.9. The third-order valence-corrected chi connectivity index (χ3v) is 3.37. The van der Waals surface area contributed by atoms with Crippen molar-refractivity contribution < 1.29 is 0 Å². The maximum atomic E-state index is 4.48. The summed E-state index contributed by atoms with van der Waals surface area (Å²) in [7, 11) is 0. The summed E-state index contributed by atoms with van der Waals surface area (Å²) in [5, 5.41) is 4.41. The summed E-state index contributed by atoms with van der Waals surface area (Å²) in [6.45, 7) is 2.04. The lowest BCUT2D eigenvalue weighted by Crippen LogP contribution is -2.00. The minimum absolute atomic E-state index is 0.778. The third-order valence-electron chi connectivity index (χ3n) is 2.97. The molecule has 0 aliphatic carbocycles. The standard InChI is InChI=1S/C15H13BrN4/c1-2-14-19-13(16)9-15(20-14)18-12-7-3-6-11-10(12)5-4-8-17-11/h3-9H,2H2,1H3,(H,18,19,20). The van der Waals surface area contributed by atoms with Crippen LogP contribution in [0.15, 0.2) is 47.2 Å². The van der Waals surface area contributed by atoms with E-state index in [1.54, 1.807) is 6.20 Å². The van der Waals surface area contributed by atoms with Gasteiger partial charge in [0.15, 0.2) is 0 Å². The highest BCUT2D eigenvalue weighted by Gasteiger charge is 2.05. The van der Waals surface area contributed by atoms with Crippen molar-refractivity contribution in [2.75, 3.05) is 5.32 Å². The first kappa shape index (κ1) is 13.0. The van der Waals surface area contributed by atoms with E-state index in [9.17, 15) is 0 Å². The van der Waals surface area contributed by atoms with E-state index in [4.69, 9.17) is 0 Å². The second-order valence-corrected chi connectivity index (χ2v) is 5.16. The number of nitrogens with one attached hydrogen (secondary N) is 1. The number of rotatable bonds is 3. The number of aryl methyl sites for hydroxylation is 1. The van der Waals surface area contributed by atoms with Gasteiger partial charge in [0, 0.05) is 29.8 Å². The topological polar surface area (TPSA) is 50.7 Å². The van der Waals surface area contributed by atoms with Crippen LogP contribution in [0.25, 0.3) is 10.9 Å². The zero-order chi connectivity index (χ0) is 13.9. The van der Waals surface area contributed by atoms with Gasteiger partial charge in [-0.25, -0.2) is 9.97 Å². The van der Waals surface area contributed by atoms with Crippen molar-refractivity contribution in [3.8, 4) is 0 Å². The first-order chi connectivity index (χ1) is 9.76. The molecule has 0 aliphatic rings. The lowest BCUT2D eigenvalue weighted by Gasteiger charge is -2.09. The number of hydrogen-bond acceptors (Lipinski definition) is 4. The SMILES string of the molecule is CCc1nc(Br)cc(Nc2cccc3ncccc23)n1. The lowest BCUT2D eigenvalue weighted by atomic mass is 10.2. The molecule has 100 valence electrons. The van der Waals surface area contributed by atoms with Crippen LogP contribution in [0, 0.1) is 0 Å². The molecule has 0 unspecified atom stereocenters. The molecule has 5 heteroatoms. The molecule has 0 atom stereocenters. The van der Waals surface area contributed by atoms with Crippen LogP contribution in [0.2, 0.25) is 0 Å². The first-order valence-corrected chi connectivity index (χ1v) is 7.20. The summed E-state index contributed by atoms with van der Waals surface area (Å²) in [5.41, 5.74) is 1.95. The lowest BCUT2D eigenvalue weighted by molar-refractivity contribution is 0.931. The van der Waals surface area contributed by atoms with Gasteiger partial charge in [-0.05, 0) is 40.2 Å². The molecule has 0 amide bonds. The van der Waals surface area contributed by atoms with Crippen molar-refractivity contribution >= 4 is 38.3 Å². The van der Waals surface area contributed by atoms with E-state index in [0.717, 1.165) is 39.3 Å². The number of pyridine rings is 1. The number of hydrogen-bond donors (Lipinski definition) is 1. The molecule has 4 nitrogen and oxygen atoms in total. The molecule has 0 radical (unpaired) electrons. The Balaban J connectivity index is 2.03. The van der Waals surface area contributed by atoms with Gasteiger partial charge in [-0.15, -0.1) is 0 Å². The molecule has 0 spiro atoms. The minimum Gasteiger partial charge on any atom is -0.340 e. The molecule has 2 aromatic heterocycles. The van der Waals surface area contributed by atoms with Gasteiger partial charge in [-0.2, -0.15) is 0 Å². The van der Waals surface area contributed by atoms with Crippen molar-refractivity contribution in [3.05, 3.63) is 53.0 Å². The highest BCUT2D eigenvalue weighted by molar-refractivity contribution is 9.10. The molecule has 0 bridgehead atoms. The van der Waals surface area contributed by atoms with Crippen LogP contribution >= 0.6 is 15.9 Å². The minimum atomic E-state index is 0.778. The second-order valence-electron chi connectivity index (χ2n) is 4.35. The van der Waals surface area contributed by atoms with E-state index < -0.39 is 0 Å². The van der Waals surface area contributed by atoms with Gasteiger partial charge in [0.2, 0.25) is 0 Å². The van der Waals surface area contributed by atoms with Crippen LogP contribution in [-0.2, 0) is 6.42 Å². The summed E-state index contributed by atoms with van der Waals surface area (Å²) in [6, 6.07) is 11.8. The molecule has 0 saturated carbocycles. The number of fused-ring (bicyclic) bond motifs is 1. The Morgan fingerprint density at radius 3 is 2.90 bits per heavy atom. The Bertz CT molecular complexity index is 752. The van der Waals surface area contributed by atoms with Gasteiger partial charge >= 0.3 is 0 Å². The number of benzene rings is 1. The Hall–Kier alpha value is -2.01. The molecule has 3 rings (SSSR count). The summed E-state index contributed by atoms with van der Waals surface area (Å²) in [5.74, 6) is 1.58. The van der Waals surface area contributed by atoms with Crippen LogP contribution in [0.1, 0.15) is 12.7 Å². The Labute approximate surface area is 125 Å². The molecule has 0 saturated heterocycles. The Morgan fingerprint density at radius 2 is 2.05 bits per heavy atom. The van der Waals surface area contributed by atoms with E-state index >= 15 is 0 Å². The fourth-order valence-electron chi connectivity index (χ4n) is 2.04. The van der Waals surface area contributed by atoms with Gasteiger partial charge in [0.25, 0.3) is 0 Å². The van der Waals surface area contributed by atoms with E-state index in [1.807, 2.05) is 43.3 Å². The zero-order valence-electron chi connectivity index (χ0n) is 11.0. The third kappa shape index (κ3) is 2.63. The molecule has 2 heterocycles.